The van der Waals surface area contributed by atoms with Gasteiger partial charge in [0, 0.05) is 17.2 Å². The molecule has 3 rings (SSSR count). The van der Waals surface area contributed by atoms with E-state index in [1.54, 1.807) is 25.6 Å². The van der Waals surface area contributed by atoms with Crippen LogP contribution in [0.1, 0.15) is 31.7 Å². The largest absolute Gasteiger partial charge is 0.450 e. The Balaban J connectivity index is 2.06. The normalized spacial score (nSPS) is 23.7. The smallest absolute Gasteiger partial charge is 0.337 e. The lowest BCUT2D eigenvalue weighted by molar-refractivity contribution is -0.144. The Hall–Kier alpha value is -1.75. The van der Waals surface area contributed by atoms with Crippen LogP contribution in [-0.2, 0) is 14.3 Å². The van der Waals surface area contributed by atoms with Crippen molar-refractivity contribution in [1.82, 2.24) is 5.32 Å². The van der Waals surface area contributed by atoms with Crippen molar-refractivity contribution in [1.29, 1.82) is 0 Å². The average Bonchev–Trinajstić information content (AvgIpc) is 2.68. The number of carbonyl (C=O) groups excluding carboxylic acids is 2. The number of hydrogen-bond donors (Lipinski definition) is 1. The second-order valence-corrected chi connectivity index (χ2v) is 6.65. The molecule has 110 valence electrons. The molecule has 0 radical (unpaired) electrons. The van der Waals surface area contributed by atoms with Crippen LogP contribution in [0.4, 0.5) is 0 Å². The second kappa shape index (κ2) is 4.91. The maximum absolute atomic E-state index is 12.2. The van der Waals surface area contributed by atoms with E-state index in [1.807, 2.05) is 30.5 Å². The molecule has 1 N–H and O–H groups in total. The average molecular weight is 303 g/mol. The SMILES string of the molecule is CSc1ccc([C@@H]2CC(=O)NC3=C2C(=O)OC3(C)C)cc1. The number of cyclic esters (lactones) is 1. The lowest BCUT2D eigenvalue weighted by Gasteiger charge is -2.27. The minimum atomic E-state index is -0.764. The maximum Gasteiger partial charge on any atom is 0.337 e. The molecule has 5 heteroatoms. The van der Waals surface area contributed by atoms with E-state index in [2.05, 4.69) is 5.32 Å². The Bertz CT molecular complexity index is 646. The van der Waals surface area contributed by atoms with Crippen LogP contribution in [0.3, 0.4) is 0 Å². The first kappa shape index (κ1) is 14.2. The molecular formula is C16H17NO3S. The van der Waals surface area contributed by atoms with E-state index >= 15 is 0 Å². The zero-order valence-electron chi connectivity index (χ0n) is 12.2. The molecular weight excluding hydrogens is 286 g/mol. The predicted octanol–water partition coefficient (Wildman–Crippen LogP) is 2.60. The van der Waals surface area contributed by atoms with E-state index in [0.29, 0.717) is 11.3 Å². The van der Waals surface area contributed by atoms with E-state index in [9.17, 15) is 9.59 Å². The van der Waals surface area contributed by atoms with Crippen molar-refractivity contribution in [2.45, 2.75) is 36.7 Å². The molecule has 21 heavy (non-hydrogen) atoms. The van der Waals surface area contributed by atoms with Gasteiger partial charge in [-0.3, -0.25) is 4.79 Å². The van der Waals surface area contributed by atoms with Gasteiger partial charge in [-0.15, -0.1) is 11.8 Å². The van der Waals surface area contributed by atoms with E-state index in [-0.39, 0.29) is 24.2 Å². The van der Waals surface area contributed by atoms with Gasteiger partial charge in [0.1, 0.15) is 5.60 Å². The van der Waals surface area contributed by atoms with Gasteiger partial charge in [0.05, 0.1) is 11.3 Å². The number of amides is 1. The van der Waals surface area contributed by atoms with Crippen molar-refractivity contribution in [2.75, 3.05) is 6.26 Å². The van der Waals surface area contributed by atoms with Crippen LogP contribution >= 0.6 is 11.8 Å². The number of benzene rings is 1. The van der Waals surface area contributed by atoms with Gasteiger partial charge in [0.2, 0.25) is 5.91 Å². The van der Waals surface area contributed by atoms with Crippen molar-refractivity contribution < 1.29 is 14.3 Å². The fourth-order valence-electron chi connectivity index (χ4n) is 2.90. The number of ether oxygens (including phenoxy) is 1. The zero-order valence-corrected chi connectivity index (χ0v) is 13.0. The highest BCUT2D eigenvalue weighted by Crippen LogP contribution is 2.42. The van der Waals surface area contributed by atoms with E-state index in [0.717, 1.165) is 10.5 Å². The van der Waals surface area contributed by atoms with Crippen molar-refractivity contribution in [3.8, 4) is 0 Å². The van der Waals surface area contributed by atoms with Crippen LogP contribution in [-0.4, -0.2) is 23.7 Å². The molecule has 0 aromatic heterocycles. The number of hydrogen-bond acceptors (Lipinski definition) is 4. The Labute approximate surface area is 127 Å². The number of thioether (sulfide) groups is 1. The van der Waals surface area contributed by atoms with Crippen molar-refractivity contribution in [2.24, 2.45) is 0 Å². The molecule has 1 amide bonds. The minimum absolute atomic E-state index is 0.0703. The van der Waals surface area contributed by atoms with Crippen LogP contribution in [0.2, 0.25) is 0 Å². The number of esters is 1. The summed E-state index contributed by atoms with van der Waals surface area (Å²) in [6, 6.07) is 7.99. The lowest BCUT2D eigenvalue weighted by atomic mass is 9.83. The highest BCUT2D eigenvalue weighted by molar-refractivity contribution is 7.98. The van der Waals surface area contributed by atoms with Gasteiger partial charge in [-0.25, -0.2) is 4.79 Å². The summed E-state index contributed by atoms with van der Waals surface area (Å²) in [6.07, 6.45) is 2.29. The fourth-order valence-corrected chi connectivity index (χ4v) is 3.31. The standard InChI is InChI=1S/C16H17NO3S/c1-16(2)14-13(15(19)20-16)11(8-12(18)17-14)9-4-6-10(21-3)7-5-9/h4-7,11H,8H2,1-3H3,(H,17,18)/t11-/m0/s1. The monoisotopic (exact) mass is 303 g/mol. The van der Waals surface area contributed by atoms with E-state index in [1.165, 1.54) is 0 Å². The highest BCUT2D eigenvalue weighted by atomic mass is 32.2. The molecule has 1 aromatic rings. The number of nitrogens with one attached hydrogen (secondary N) is 1. The first-order chi connectivity index (χ1) is 9.92. The molecule has 0 fully saturated rings. The van der Waals surface area contributed by atoms with E-state index < -0.39 is 5.60 Å². The molecule has 0 saturated heterocycles. The van der Waals surface area contributed by atoms with Gasteiger partial charge < -0.3 is 10.1 Å². The summed E-state index contributed by atoms with van der Waals surface area (Å²) in [5, 5.41) is 2.81. The molecule has 0 aliphatic carbocycles. The molecule has 4 nitrogen and oxygen atoms in total. The third-order valence-electron chi connectivity index (χ3n) is 3.96. The molecule has 0 spiro atoms. The Morgan fingerprint density at radius 3 is 2.52 bits per heavy atom. The van der Waals surface area contributed by atoms with Gasteiger partial charge >= 0.3 is 5.97 Å². The van der Waals surface area contributed by atoms with Crippen molar-refractivity contribution in [3.63, 3.8) is 0 Å². The summed E-state index contributed by atoms with van der Waals surface area (Å²) in [4.78, 5) is 25.3. The Morgan fingerprint density at radius 1 is 1.24 bits per heavy atom. The first-order valence-corrected chi connectivity index (χ1v) is 8.06. The van der Waals surface area contributed by atoms with Crippen LogP contribution in [0.25, 0.3) is 0 Å². The number of carbonyl (C=O) groups is 2. The molecule has 2 aliphatic rings. The molecule has 1 aromatic carbocycles. The van der Waals surface area contributed by atoms with Crippen LogP contribution in [0.15, 0.2) is 40.4 Å². The molecule has 2 heterocycles. The third-order valence-corrected chi connectivity index (χ3v) is 4.70. The molecule has 0 unspecified atom stereocenters. The van der Waals surface area contributed by atoms with Crippen LogP contribution < -0.4 is 5.32 Å². The van der Waals surface area contributed by atoms with Crippen LogP contribution in [0, 0.1) is 0 Å². The minimum Gasteiger partial charge on any atom is -0.450 e. The van der Waals surface area contributed by atoms with Crippen molar-refractivity contribution >= 4 is 23.6 Å². The molecule has 1 atom stereocenters. The van der Waals surface area contributed by atoms with Gasteiger partial charge in [0.15, 0.2) is 0 Å². The molecule has 0 bridgehead atoms. The molecule has 2 aliphatic heterocycles. The van der Waals surface area contributed by atoms with Gasteiger partial charge in [-0.2, -0.15) is 0 Å². The Morgan fingerprint density at radius 2 is 1.90 bits per heavy atom. The quantitative estimate of drug-likeness (QED) is 0.674. The zero-order chi connectivity index (χ0) is 15.2. The molecule has 0 saturated carbocycles. The summed E-state index contributed by atoms with van der Waals surface area (Å²) >= 11 is 1.66. The van der Waals surface area contributed by atoms with Gasteiger partial charge in [-0.1, -0.05) is 12.1 Å². The van der Waals surface area contributed by atoms with Crippen molar-refractivity contribution in [3.05, 3.63) is 41.1 Å². The summed E-state index contributed by atoms with van der Waals surface area (Å²) in [5.74, 6) is -0.619. The fraction of sp³-hybridized carbons (Fsp3) is 0.375. The number of rotatable bonds is 2. The first-order valence-electron chi connectivity index (χ1n) is 6.84. The summed E-state index contributed by atoms with van der Waals surface area (Å²) in [7, 11) is 0. The predicted molar refractivity (Wildman–Crippen MR) is 80.9 cm³/mol. The second-order valence-electron chi connectivity index (χ2n) is 5.77. The highest BCUT2D eigenvalue weighted by Gasteiger charge is 2.47. The lowest BCUT2D eigenvalue weighted by Crippen LogP contribution is -2.38. The summed E-state index contributed by atoms with van der Waals surface area (Å²) in [6.45, 7) is 3.60. The van der Waals surface area contributed by atoms with Gasteiger partial charge in [0.25, 0.3) is 0 Å². The summed E-state index contributed by atoms with van der Waals surface area (Å²) < 4.78 is 5.41. The maximum atomic E-state index is 12.2. The topological polar surface area (TPSA) is 55.4 Å². The third kappa shape index (κ3) is 2.35. The van der Waals surface area contributed by atoms with Gasteiger partial charge in [-0.05, 0) is 37.8 Å². The summed E-state index contributed by atoms with van der Waals surface area (Å²) in [5.41, 5.74) is 1.42. The van der Waals surface area contributed by atoms with Crippen LogP contribution in [0.5, 0.6) is 0 Å². The van der Waals surface area contributed by atoms with E-state index in [4.69, 9.17) is 4.74 Å². The Kier molecular flexibility index (Phi) is 3.32.